The molecule has 1 N–H and O–H groups in total. The Kier molecular flexibility index (Phi) is 7.66. The minimum Gasteiger partial charge on any atom is -0.483 e. The first kappa shape index (κ1) is 21.3. The van der Waals surface area contributed by atoms with Crippen molar-refractivity contribution in [3.63, 3.8) is 0 Å². The minimum atomic E-state index is -0.164. The number of nitrogens with zero attached hydrogens (tertiary/aromatic N) is 3. The molecular weight excluding hydrogens is 368 g/mol. The fourth-order valence-electron chi connectivity index (χ4n) is 3.78. The van der Waals surface area contributed by atoms with E-state index >= 15 is 0 Å². The molecule has 0 radical (unpaired) electrons. The average molecular weight is 401 g/mol. The minimum absolute atomic E-state index is 0.0904. The Morgan fingerprint density at radius 1 is 1.10 bits per heavy atom. The third-order valence-electron chi connectivity index (χ3n) is 5.45. The van der Waals surface area contributed by atoms with E-state index in [0.717, 1.165) is 50.0 Å². The van der Waals surface area contributed by atoms with Crippen molar-refractivity contribution in [3.05, 3.63) is 40.7 Å². The number of ether oxygens (including phenoxy) is 1. The van der Waals surface area contributed by atoms with E-state index in [1.807, 2.05) is 24.3 Å². The van der Waals surface area contributed by atoms with Crippen molar-refractivity contribution in [1.29, 1.82) is 0 Å². The zero-order valence-corrected chi connectivity index (χ0v) is 17.5. The summed E-state index contributed by atoms with van der Waals surface area (Å²) in [6, 6.07) is 8.96. The molecule has 1 aliphatic rings. The summed E-state index contributed by atoms with van der Waals surface area (Å²) in [5, 5.41) is 3.73. The molecule has 7 heteroatoms. The number of carbonyl (C=O) groups is 1. The van der Waals surface area contributed by atoms with Gasteiger partial charge in [-0.2, -0.15) is 0 Å². The molecule has 0 saturated carbocycles. The predicted molar refractivity (Wildman–Crippen MR) is 115 cm³/mol. The number of amides is 1. The maximum absolute atomic E-state index is 12.1. The predicted octanol–water partition coefficient (Wildman–Crippen LogP) is 1.45. The lowest BCUT2D eigenvalue weighted by Crippen LogP contribution is -2.47. The van der Waals surface area contributed by atoms with Gasteiger partial charge in [0.05, 0.1) is 5.52 Å². The van der Waals surface area contributed by atoms with Crippen molar-refractivity contribution in [2.45, 2.75) is 19.8 Å². The highest BCUT2D eigenvalue weighted by molar-refractivity contribution is 5.86. The van der Waals surface area contributed by atoms with Crippen molar-refractivity contribution in [3.8, 4) is 5.75 Å². The summed E-state index contributed by atoms with van der Waals surface area (Å²) in [4.78, 5) is 29.2. The van der Waals surface area contributed by atoms with Gasteiger partial charge in [-0.25, -0.2) is 0 Å². The van der Waals surface area contributed by atoms with Crippen LogP contribution >= 0.6 is 0 Å². The number of hydrogen-bond donors (Lipinski definition) is 1. The van der Waals surface area contributed by atoms with Crippen molar-refractivity contribution in [2.24, 2.45) is 7.05 Å². The molecule has 1 amide bonds. The van der Waals surface area contributed by atoms with E-state index in [4.69, 9.17) is 4.74 Å². The van der Waals surface area contributed by atoms with E-state index in [9.17, 15) is 9.59 Å². The molecule has 0 bridgehead atoms. The Balaban J connectivity index is 1.40. The van der Waals surface area contributed by atoms with Crippen LogP contribution in [0.5, 0.6) is 5.75 Å². The molecule has 158 valence electrons. The second kappa shape index (κ2) is 10.4. The highest BCUT2D eigenvalue weighted by Crippen LogP contribution is 2.22. The van der Waals surface area contributed by atoms with Crippen LogP contribution in [0, 0.1) is 0 Å². The normalized spacial score (nSPS) is 15.5. The SMILES string of the molecule is CCCN1CCN(CCCNC(=O)COc2cc(=O)n(C)c3ccccc23)CC1. The monoisotopic (exact) mass is 400 g/mol. The largest absolute Gasteiger partial charge is 0.483 e. The number of benzene rings is 1. The summed E-state index contributed by atoms with van der Waals surface area (Å²) in [5.74, 6) is 0.284. The standard InChI is InChI=1S/C22H32N4O3/c1-3-10-25-12-14-26(15-13-25)11-6-9-23-21(27)17-29-20-16-22(28)24(2)19-8-5-4-7-18(19)20/h4-5,7-8,16H,3,6,9-15,17H2,1-2H3,(H,23,27). The number of pyridine rings is 1. The Labute approximate surface area is 172 Å². The van der Waals surface area contributed by atoms with E-state index in [1.165, 1.54) is 19.0 Å². The van der Waals surface area contributed by atoms with Gasteiger partial charge in [0.2, 0.25) is 0 Å². The second-order valence-electron chi connectivity index (χ2n) is 7.60. The second-order valence-corrected chi connectivity index (χ2v) is 7.60. The number of para-hydroxylation sites is 1. The summed E-state index contributed by atoms with van der Waals surface area (Å²) in [7, 11) is 1.73. The number of piperazine rings is 1. The number of nitrogens with one attached hydrogen (secondary N) is 1. The highest BCUT2D eigenvalue weighted by atomic mass is 16.5. The van der Waals surface area contributed by atoms with Crippen LogP contribution in [0.25, 0.3) is 10.9 Å². The Morgan fingerprint density at radius 3 is 2.52 bits per heavy atom. The van der Waals surface area contributed by atoms with E-state index < -0.39 is 0 Å². The van der Waals surface area contributed by atoms with Gasteiger partial charge in [0.15, 0.2) is 6.61 Å². The van der Waals surface area contributed by atoms with Crippen molar-refractivity contribution in [2.75, 3.05) is 52.4 Å². The van der Waals surface area contributed by atoms with Crippen LogP contribution in [0.2, 0.25) is 0 Å². The van der Waals surface area contributed by atoms with Crippen molar-refractivity contribution < 1.29 is 9.53 Å². The molecule has 7 nitrogen and oxygen atoms in total. The molecule has 1 fully saturated rings. The van der Waals surface area contributed by atoms with Gasteiger partial charge in [-0.05, 0) is 38.1 Å². The van der Waals surface area contributed by atoms with Gasteiger partial charge >= 0.3 is 0 Å². The Morgan fingerprint density at radius 2 is 1.79 bits per heavy atom. The van der Waals surface area contributed by atoms with Gasteiger partial charge in [0.1, 0.15) is 5.75 Å². The average Bonchev–Trinajstić information content (AvgIpc) is 2.74. The van der Waals surface area contributed by atoms with E-state index in [0.29, 0.717) is 12.3 Å². The maximum atomic E-state index is 12.1. The van der Waals surface area contributed by atoms with Crippen LogP contribution in [0.4, 0.5) is 0 Å². The molecule has 0 spiro atoms. The van der Waals surface area contributed by atoms with Gasteiger partial charge in [-0.1, -0.05) is 19.1 Å². The lowest BCUT2D eigenvalue weighted by atomic mass is 10.2. The van der Waals surface area contributed by atoms with Crippen LogP contribution in [-0.4, -0.2) is 72.7 Å². The molecular formula is C22H32N4O3. The molecule has 2 aromatic rings. The first-order valence-corrected chi connectivity index (χ1v) is 10.5. The van der Waals surface area contributed by atoms with E-state index in [-0.39, 0.29) is 18.1 Å². The lowest BCUT2D eigenvalue weighted by molar-refractivity contribution is -0.123. The van der Waals surface area contributed by atoms with Gasteiger partial charge in [-0.3, -0.25) is 9.59 Å². The van der Waals surface area contributed by atoms with Crippen molar-refractivity contribution >= 4 is 16.8 Å². The third-order valence-corrected chi connectivity index (χ3v) is 5.45. The molecule has 1 aromatic carbocycles. The molecule has 1 saturated heterocycles. The first-order chi connectivity index (χ1) is 14.1. The van der Waals surface area contributed by atoms with E-state index in [2.05, 4.69) is 22.0 Å². The summed E-state index contributed by atoms with van der Waals surface area (Å²) in [5.41, 5.74) is 0.632. The molecule has 29 heavy (non-hydrogen) atoms. The number of fused-ring (bicyclic) bond motifs is 1. The highest BCUT2D eigenvalue weighted by Gasteiger charge is 2.15. The zero-order chi connectivity index (χ0) is 20.6. The van der Waals surface area contributed by atoms with Crippen molar-refractivity contribution in [1.82, 2.24) is 19.7 Å². The van der Waals surface area contributed by atoms with Gasteiger partial charge in [0, 0.05) is 51.2 Å². The molecule has 3 rings (SSSR count). The molecule has 0 aliphatic carbocycles. The molecule has 0 unspecified atom stereocenters. The van der Waals surface area contributed by atoms with E-state index in [1.54, 1.807) is 11.6 Å². The summed E-state index contributed by atoms with van der Waals surface area (Å²) >= 11 is 0. The number of rotatable bonds is 9. The fourth-order valence-corrected chi connectivity index (χ4v) is 3.78. The molecule has 1 aliphatic heterocycles. The smallest absolute Gasteiger partial charge is 0.257 e. The van der Waals surface area contributed by atoms with Crippen LogP contribution in [0.15, 0.2) is 35.1 Å². The summed E-state index contributed by atoms with van der Waals surface area (Å²) in [6.45, 7) is 9.44. The Hall–Kier alpha value is -2.38. The summed E-state index contributed by atoms with van der Waals surface area (Å²) in [6.07, 6.45) is 2.13. The van der Waals surface area contributed by atoms with Crippen LogP contribution in [-0.2, 0) is 11.8 Å². The maximum Gasteiger partial charge on any atom is 0.257 e. The number of aromatic nitrogens is 1. The van der Waals surface area contributed by atoms with Gasteiger partial charge < -0.3 is 24.4 Å². The van der Waals surface area contributed by atoms with Crippen LogP contribution in [0.1, 0.15) is 19.8 Å². The van der Waals surface area contributed by atoms with Crippen LogP contribution < -0.4 is 15.6 Å². The Bertz CT molecular complexity index is 872. The van der Waals surface area contributed by atoms with Gasteiger partial charge in [0.25, 0.3) is 11.5 Å². The first-order valence-electron chi connectivity index (χ1n) is 10.5. The number of aryl methyl sites for hydroxylation is 1. The number of hydrogen-bond acceptors (Lipinski definition) is 5. The molecule has 1 aromatic heterocycles. The van der Waals surface area contributed by atoms with Crippen LogP contribution in [0.3, 0.4) is 0 Å². The summed E-state index contributed by atoms with van der Waals surface area (Å²) < 4.78 is 7.23. The van der Waals surface area contributed by atoms with Gasteiger partial charge in [-0.15, -0.1) is 0 Å². The topological polar surface area (TPSA) is 66.8 Å². The third kappa shape index (κ3) is 5.81. The fraction of sp³-hybridized carbons (Fsp3) is 0.545. The molecule has 2 heterocycles. The zero-order valence-electron chi connectivity index (χ0n) is 17.5. The lowest BCUT2D eigenvalue weighted by Gasteiger charge is -2.34. The molecule has 0 atom stereocenters. The number of carbonyl (C=O) groups excluding carboxylic acids is 1. The quantitative estimate of drug-likeness (QED) is 0.646.